The Morgan fingerprint density at radius 3 is 2.38 bits per heavy atom. The van der Waals surface area contributed by atoms with Gasteiger partial charge in [-0.1, -0.05) is 35.0 Å². The average Bonchev–Trinajstić information content (AvgIpc) is 2.44. The van der Waals surface area contributed by atoms with E-state index in [1.807, 2.05) is 6.92 Å². The smallest absolute Gasteiger partial charge is 0.370 e. The van der Waals surface area contributed by atoms with Crippen LogP contribution in [-0.2, 0) is 6.18 Å². The Morgan fingerprint density at radius 2 is 1.81 bits per heavy atom. The summed E-state index contributed by atoms with van der Waals surface area (Å²) in [5, 5.41) is 2.87. The minimum Gasteiger partial charge on any atom is -0.370 e. The van der Waals surface area contributed by atoms with Gasteiger partial charge < -0.3 is 5.32 Å². The number of aromatic nitrogens is 2. The van der Waals surface area contributed by atoms with Crippen molar-refractivity contribution in [3.8, 4) is 11.3 Å². The number of benzene rings is 1. The summed E-state index contributed by atoms with van der Waals surface area (Å²) >= 11 is 3.29. The number of nitrogens with one attached hydrogen (secondary N) is 1. The van der Waals surface area contributed by atoms with Gasteiger partial charge in [-0.05, 0) is 18.6 Å². The molecule has 0 spiro atoms. The van der Waals surface area contributed by atoms with Gasteiger partial charge in [0.25, 0.3) is 0 Å². The average molecular weight is 360 g/mol. The van der Waals surface area contributed by atoms with Crippen LogP contribution in [-0.4, -0.2) is 16.5 Å². The number of hydrogen-bond donors (Lipinski definition) is 1. The van der Waals surface area contributed by atoms with Crippen LogP contribution in [0.5, 0.6) is 0 Å². The second kappa shape index (κ2) is 6.43. The van der Waals surface area contributed by atoms with Gasteiger partial charge >= 0.3 is 6.18 Å². The molecular formula is C14H13BrF3N3. The van der Waals surface area contributed by atoms with Crippen LogP contribution in [0.15, 0.2) is 34.8 Å². The zero-order chi connectivity index (χ0) is 15.5. The third-order valence-corrected chi connectivity index (χ3v) is 3.20. The van der Waals surface area contributed by atoms with Gasteiger partial charge in [0, 0.05) is 22.6 Å². The quantitative estimate of drug-likeness (QED) is 0.855. The Morgan fingerprint density at radius 1 is 1.14 bits per heavy atom. The van der Waals surface area contributed by atoms with E-state index in [4.69, 9.17) is 0 Å². The van der Waals surface area contributed by atoms with E-state index in [0.29, 0.717) is 12.1 Å². The lowest BCUT2D eigenvalue weighted by molar-refractivity contribution is -0.144. The van der Waals surface area contributed by atoms with Crippen molar-refractivity contribution in [3.63, 3.8) is 0 Å². The van der Waals surface area contributed by atoms with Crippen LogP contribution in [0.4, 0.5) is 19.0 Å². The first kappa shape index (κ1) is 15.8. The van der Waals surface area contributed by atoms with Crippen LogP contribution in [0.3, 0.4) is 0 Å². The van der Waals surface area contributed by atoms with Gasteiger partial charge in [0.15, 0.2) is 0 Å². The number of rotatable bonds is 4. The van der Waals surface area contributed by atoms with Crippen molar-refractivity contribution >= 4 is 21.7 Å². The molecule has 0 aliphatic carbocycles. The van der Waals surface area contributed by atoms with Gasteiger partial charge in [-0.15, -0.1) is 0 Å². The standard InChI is InChI=1S/C14H13BrF3N3/c1-2-7-19-12-8-11(9-3-5-10(15)6-4-9)20-13(21-12)14(16,17)18/h3-6,8H,2,7H2,1H3,(H,19,20,21). The molecule has 2 rings (SSSR count). The van der Waals surface area contributed by atoms with E-state index in [1.54, 1.807) is 24.3 Å². The van der Waals surface area contributed by atoms with Gasteiger partial charge in [0.05, 0.1) is 5.69 Å². The summed E-state index contributed by atoms with van der Waals surface area (Å²) in [5.74, 6) is -0.960. The molecule has 0 unspecified atom stereocenters. The topological polar surface area (TPSA) is 37.8 Å². The minimum atomic E-state index is -4.58. The Balaban J connectivity index is 2.46. The summed E-state index contributed by atoms with van der Waals surface area (Å²) in [5.41, 5.74) is 0.842. The van der Waals surface area contributed by atoms with E-state index < -0.39 is 12.0 Å². The lowest BCUT2D eigenvalue weighted by Crippen LogP contribution is -2.14. The molecule has 7 heteroatoms. The second-order valence-electron chi connectivity index (χ2n) is 4.39. The van der Waals surface area contributed by atoms with Crippen LogP contribution >= 0.6 is 15.9 Å². The van der Waals surface area contributed by atoms with Crippen molar-refractivity contribution in [1.29, 1.82) is 0 Å². The Kier molecular flexibility index (Phi) is 4.82. The lowest BCUT2D eigenvalue weighted by atomic mass is 10.1. The molecule has 0 fully saturated rings. The summed E-state index contributed by atoms with van der Waals surface area (Å²) < 4.78 is 39.5. The Hall–Kier alpha value is -1.63. The molecule has 112 valence electrons. The highest BCUT2D eigenvalue weighted by Crippen LogP contribution is 2.30. The molecule has 2 aromatic rings. The largest absolute Gasteiger partial charge is 0.451 e. The molecule has 0 amide bonds. The molecule has 0 aliphatic rings. The predicted molar refractivity (Wildman–Crippen MR) is 79.0 cm³/mol. The fourth-order valence-corrected chi connectivity index (χ4v) is 1.95. The summed E-state index contributed by atoms with van der Waals surface area (Å²) in [7, 11) is 0. The first-order valence-corrected chi connectivity index (χ1v) is 7.15. The van der Waals surface area contributed by atoms with Gasteiger partial charge in [-0.25, -0.2) is 9.97 Å². The maximum Gasteiger partial charge on any atom is 0.451 e. The molecule has 0 saturated heterocycles. The number of hydrogen-bond acceptors (Lipinski definition) is 3. The fraction of sp³-hybridized carbons (Fsp3) is 0.286. The molecular weight excluding hydrogens is 347 g/mol. The molecule has 1 N–H and O–H groups in total. The monoisotopic (exact) mass is 359 g/mol. The number of anilines is 1. The summed E-state index contributed by atoms with van der Waals surface area (Å²) in [6.45, 7) is 2.47. The third kappa shape index (κ3) is 4.17. The first-order valence-electron chi connectivity index (χ1n) is 6.36. The normalized spacial score (nSPS) is 11.5. The van der Waals surface area contributed by atoms with Crippen molar-refractivity contribution in [3.05, 3.63) is 40.6 Å². The summed E-state index contributed by atoms with van der Waals surface area (Å²) in [4.78, 5) is 7.15. The van der Waals surface area contributed by atoms with E-state index in [9.17, 15) is 13.2 Å². The lowest BCUT2D eigenvalue weighted by Gasteiger charge is -2.11. The number of halogens is 4. The maximum atomic E-state index is 12.9. The van der Waals surface area contributed by atoms with Gasteiger partial charge in [0.1, 0.15) is 5.82 Å². The molecule has 0 atom stereocenters. The highest BCUT2D eigenvalue weighted by Gasteiger charge is 2.35. The molecule has 0 saturated carbocycles. The summed E-state index contributed by atoms with van der Waals surface area (Å²) in [6.07, 6.45) is -3.78. The van der Waals surface area contributed by atoms with Gasteiger partial charge in [-0.3, -0.25) is 0 Å². The number of nitrogens with zero attached hydrogens (tertiary/aromatic N) is 2. The highest BCUT2D eigenvalue weighted by molar-refractivity contribution is 9.10. The SMILES string of the molecule is CCCNc1cc(-c2ccc(Br)cc2)nc(C(F)(F)F)n1. The van der Waals surface area contributed by atoms with Gasteiger partial charge in [-0.2, -0.15) is 13.2 Å². The maximum absolute atomic E-state index is 12.9. The van der Waals surface area contributed by atoms with Crippen LogP contribution in [0, 0.1) is 0 Å². The van der Waals surface area contributed by atoms with Gasteiger partial charge in [0.2, 0.25) is 5.82 Å². The first-order chi connectivity index (χ1) is 9.90. The second-order valence-corrected chi connectivity index (χ2v) is 5.31. The Bertz CT molecular complexity index is 612. The summed E-state index contributed by atoms with van der Waals surface area (Å²) in [6, 6.07) is 8.44. The zero-order valence-electron chi connectivity index (χ0n) is 11.2. The predicted octanol–water partition coefficient (Wildman–Crippen LogP) is 4.75. The van der Waals surface area contributed by atoms with E-state index in [0.717, 1.165) is 10.9 Å². The van der Waals surface area contributed by atoms with E-state index in [-0.39, 0.29) is 11.5 Å². The molecule has 3 nitrogen and oxygen atoms in total. The number of alkyl halides is 3. The molecule has 0 bridgehead atoms. The molecule has 1 aromatic carbocycles. The molecule has 0 aliphatic heterocycles. The van der Waals surface area contributed by atoms with E-state index in [2.05, 4.69) is 31.2 Å². The third-order valence-electron chi connectivity index (χ3n) is 2.68. The van der Waals surface area contributed by atoms with Crippen molar-refractivity contribution < 1.29 is 13.2 Å². The van der Waals surface area contributed by atoms with Crippen molar-refractivity contribution in [1.82, 2.24) is 9.97 Å². The Labute approximate surface area is 128 Å². The zero-order valence-corrected chi connectivity index (χ0v) is 12.8. The molecule has 21 heavy (non-hydrogen) atoms. The van der Waals surface area contributed by atoms with Crippen LogP contribution in [0.1, 0.15) is 19.2 Å². The van der Waals surface area contributed by atoms with E-state index in [1.165, 1.54) is 6.07 Å². The van der Waals surface area contributed by atoms with Crippen LogP contribution in [0.2, 0.25) is 0 Å². The highest BCUT2D eigenvalue weighted by atomic mass is 79.9. The van der Waals surface area contributed by atoms with Crippen molar-refractivity contribution in [2.75, 3.05) is 11.9 Å². The fourth-order valence-electron chi connectivity index (χ4n) is 1.69. The van der Waals surface area contributed by atoms with Crippen LogP contribution in [0.25, 0.3) is 11.3 Å². The van der Waals surface area contributed by atoms with Crippen molar-refractivity contribution in [2.45, 2.75) is 19.5 Å². The molecule has 0 radical (unpaired) electrons. The van der Waals surface area contributed by atoms with E-state index >= 15 is 0 Å². The van der Waals surface area contributed by atoms with Crippen molar-refractivity contribution in [2.24, 2.45) is 0 Å². The minimum absolute atomic E-state index is 0.178. The van der Waals surface area contributed by atoms with Crippen LogP contribution < -0.4 is 5.32 Å². The molecule has 1 aromatic heterocycles. The molecule has 1 heterocycles.